The molecule has 0 unspecified atom stereocenters. The highest BCUT2D eigenvalue weighted by atomic mass is 79.9. The first kappa shape index (κ1) is 11.5. The second-order valence-corrected chi connectivity index (χ2v) is 4.88. The normalized spacial score (nSPS) is 20.9. The predicted molar refractivity (Wildman–Crippen MR) is 65.3 cm³/mol. The molecule has 1 N–H and O–H groups in total. The van der Waals surface area contributed by atoms with Crippen LogP contribution < -0.4 is 5.32 Å². The summed E-state index contributed by atoms with van der Waals surface area (Å²) >= 11 is 3.30. The molecule has 1 aliphatic heterocycles. The molecule has 0 radical (unpaired) electrons. The molecule has 1 aromatic rings. The first-order valence-corrected chi connectivity index (χ1v) is 6.10. The minimum absolute atomic E-state index is 0.0147. The van der Waals surface area contributed by atoms with Crippen molar-refractivity contribution in [3.8, 4) is 0 Å². The smallest absolute Gasteiger partial charge is 0.272 e. The Morgan fingerprint density at radius 1 is 1.62 bits per heavy atom. The molecule has 1 atom stereocenters. The number of rotatable bonds is 1. The lowest BCUT2D eigenvalue weighted by atomic mass is 10.2. The molecule has 1 aromatic heterocycles. The van der Waals surface area contributed by atoms with Gasteiger partial charge in [0, 0.05) is 36.3 Å². The second-order valence-electron chi connectivity index (χ2n) is 3.97. The van der Waals surface area contributed by atoms with Crippen LogP contribution in [0, 0.1) is 0 Å². The van der Waals surface area contributed by atoms with Gasteiger partial charge in [-0.3, -0.25) is 4.79 Å². The molecule has 1 fully saturated rings. The van der Waals surface area contributed by atoms with Crippen molar-refractivity contribution in [2.24, 2.45) is 0 Å². The van der Waals surface area contributed by atoms with Crippen LogP contribution in [0.5, 0.6) is 0 Å². The molecule has 1 saturated heterocycles. The van der Waals surface area contributed by atoms with Crippen LogP contribution in [0.15, 0.2) is 22.8 Å². The molecule has 2 heterocycles. The van der Waals surface area contributed by atoms with E-state index in [2.05, 4.69) is 33.2 Å². The van der Waals surface area contributed by atoms with Gasteiger partial charge in [-0.2, -0.15) is 0 Å². The summed E-state index contributed by atoms with van der Waals surface area (Å²) in [5, 5.41) is 3.31. The molecule has 86 valence electrons. The summed E-state index contributed by atoms with van der Waals surface area (Å²) in [7, 11) is 0. The average molecular weight is 284 g/mol. The van der Waals surface area contributed by atoms with Gasteiger partial charge in [-0.05, 0) is 35.0 Å². The number of aromatic nitrogens is 1. The van der Waals surface area contributed by atoms with Crippen LogP contribution in [0.4, 0.5) is 0 Å². The third-order valence-electron chi connectivity index (χ3n) is 2.60. The third-order valence-corrected chi connectivity index (χ3v) is 3.07. The number of hydrogen-bond acceptors (Lipinski definition) is 3. The van der Waals surface area contributed by atoms with Crippen molar-refractivity contribution >= 4 is 21.8 Å². The first-order chi connectivity index (χ1) is 7.66. The monoisotopic (exact) mass is 283 g/mol. The summed E-state index contributed by atoms with van der Waals surface area (Å²) in [5.41, 5.74) is 0.511. The Bertz CT molecular complexity index is 379. The lowest BCUT2D eigenvalue weighted by Crippen LogP contribution is -2.51. The zero-order chi connectivity index (χ0) is 11.5. The van der Waals surface area contributed by atoms with Crippen LogP contribution in [-0.2, 0) is 0 Å². The summed E-state index contributed by atoms with van der Waals surface area (Å²) in [4.78, 5) is 18.0. The Morgan fingerprint density at radius 3 is 3.06 bits per heavy atom. The number of hydrogen-bond donors (Lipinski definition) is 1. The van der Waals surface area contributed by atoms with Crippen molar-refractivity contribution in [3.63, 3.8) is 0 Å². The van der Waals surface area contributed by atoms with Gasteiger partial charge in [0.05, 0.1) is 0 Å². The number of carbonyl (C=O) groups excluding carboxylic acids is 1. The number of pyridine rings is 1. The lowest BCUT2D eigenvalue weighted by molar-refractivity contribution is 0.0703. The quantitative estimate of drug-likeness (QED) is 0.845. The summed E-state index contributed by atoms with van der Waals surface area (Å²) in [5.74, 6) is 0.0147. The van der Waals surface area contributed by atoms with Crippen LogP contribution in [0.3, 0.4) is 0 Å². The predicted octanol–water partition coefficient (Wildman–Crippen LogP) is 1.28. The third kappa shape index (κ3) is 2.59. The Kier molecular flexibility index (Phi) is 3.56. The van der Waals surface area contributed by atoms with Crippen LogP contribution >= 0.6 is 15.9 Å². The van der Waals surface area contributed by atoms with Crippen LogP contribution in [0.25, 0.3) is 0 Å². The van der Waals surface area contributed by atoms with Crippen molar-refractivity contribution in [3.05, 3.63) is 28.5 Å². The van der Waals surface area contributed by atoms with Crippen LogP contribution in [-0.4, -0.2) is 41.5 Å². The van der Waals surface area contributed by atoms with E-state index >= 15 is 0 Å². The molecule has 1 aliphatic rings. The topological polar surface area (TPSA) is 45.2 Å². The molecular formula is C11H14BrN3O. The van der Waals surface area contributed by atoms with Crippen LogP contribution in [0.1, 0.15) is 17.4 Å². The van der Waals surface area contributed by atoms with Gasteiger partial charge in [-0.1, -0.05) is 0 Å². The molecule has 2 rings (SSSR count). The molecule has 0 spiro atoms. The molecule has 0 aliphatic carbocycles. The van der Waals surface area contributed by atoms with Crippen molar-refractivity contribution in [2.75, 3.05) is 19.6 Å². The highest BCUT2D eigenvalue weighted by Gasteiger charge is 2.22. The number of nitrogens with one attached hydrogen (secondary N) is 1. The van der Waals surface area contributed by atoms with E-state index in [0.29, 0.717) is 11.7 Å². The molecule has 0 bridgehead atoms. The Morgan fingerprint density at radius 2 is 2.44 bits per heavy atom. The largest absolute Gasteiger partial charge is 0.334 e. The standard InChI is InChI=1S/C11H14BrN3O/c1-8-7-15(5-4-13-8)11(16)10-3-2-9(12)6-14-10/h2-3,6,8,13H,4-5,7H2,1H3/t8-/m0/s1. The zero-order valence-electron chi connectivity index (χ0n) is 9.11. The van der Waals surface area contributed by atoms with Gasteiger partial charge in [0.1, 0.15) is 5.69 Å². The van der Waals surface area contributed by atoms with Crippen LogP contribution in [0.2, 0.25) is 0 Å². The van der Waals surface area contributed by atoms with E-state index < -0.39 is 0 Å². The average Bonchev–Trinajstić information content (AvgIpc) is 2.29. The fourth-order valence-electron chi connectivity index (χ4n) is 1.78. The van der Waals surface area contributed by atoms with Gasteiger partial charge in [0.2, 0.25) is 0 Å². The fourth-order valence-corrected chi connectivity index (χ4v) is 2.02. The number of amides is 1. The molecule has 4 nitrogen and oxygen atoms in total. The molecule has 16 heavy (non-hydrogen) atoms. The summed E-state index contributed by atoms with van der Waals surface area (Å²) in [6.07, 6.45) is 1.65. The van der Waals surface area contributed by atoms with Gasteiger partial charge < -0.3 is 10.2 Å². The Labute approximate surface area is 103 Å². The van der Waals surface area contributed by atoms with E-state index in [4.69, 9.17) is 0 Å². The Hall–Kier alpha value is -0.940. The maximum atomic E-state index is 12.1. The number of nitrogens with zero attached hydrogens (tertiary/aromatic N) is 2. The number of carbonyl (C=O) groups is 1. The molecule has 5 heteroatoms. The van der Waals surface area contributed by atoms with Gasteiger partial charge >= 0.3 is 0 Å². The minimum atomic E-state index is 0.0147. The fraction of sp³-hybridized carbons (Fsp3) is 0.455. The van der Waals surface area contributed by atoms with Crippen molar-refractivity contribution in [1.82, 2.24) is 15.2 Å². The highest BCUT2D eigenvalue weighted by Crippen LogP contribution is 2.10. The van der Waals surface area contributed by atoms with E-state index in [1.165, 1.54) is 0 Å². The van der Waals surface area contributed by atoms with Gasteiger partial charge in [-0.15, -0.1) is 0 Å². The number of halogens is 1. The van der Waals surface area contributed by atoms with E-state index in [0.717, 1.165) is 24.1 Å². The van der Waals surface area contributed by atoms with E-state index in [9.17, 15) is 4.79 Å². The molecule has 0 aromatic carbocycles. The van der Waals surface area contributed by atoms with Crippen molar-refractivity contribution in [1.29, 1.82) is 0 Å². The first-order valence-electron chi connectivity index (χ1n) is 5.31. The lowest BCUT2D eigenvalue weighted by Gasteiger charge is -2.31. The van der Waals surface area contributed by atoms with Crippen molar-refractivity contribution in [2.45, 2.75) is 13.0 Å². The summed E-state index contributed by atoms with van der Waals surface area (Å²) in [6, 6.07) is 3.94. The number of piperazine rings is 1. The molecule has 0 saturated carbocycles. The summed E-state index contributed by atoms with van der Waals surface area (Å²) < 4.78 is 0.887. The maximum absolute atomic E-state index is 12.1. The van der Waals surface area contributed by atoms with Gasteiger partial charge in [0.25, 0.3) is 5.91 Å². The minimum Gasteiger partial charge on any atom is -0.334 e. The highest BCUT2D eigenvalue weighted by molar-refractivity contribution is 9.10. The van der Waals surface area contributed by atoms with E-state index in [-0.39, 0.29) is 5.91 Å². The zero-order valence-corrected chi connectivity index (χ0v) is 10.7. The second kappa shape index (κ2) is 4.93. The summed E-state index contributed by atoms with van der Waals surface area (Å²) in [6.45, 7) is 4.43. The Balaban J connectivity index is 2.09. The van der Waals surface area contributed by atoms with Gasteiger partial charge in [0.15, 0.2) is 0 Å². The molecule has 1 amide bonds. The van der Waals surface area contributed by atoms with E-state index in [1.807, 2.05) is 11.0 Å². The van der Waals surface area contributed by atoms with E-state index in [1.54, 1.807) is 12.3 Å². The van der Waals surface area contributed by atoms with Crippen molar-refractivity contribution < 1.29 is 4.79 Å². The SMILES string of the molecule is C[C@H]1CN(C(=O)c2ccc(Br)cn2)CCN1. The van der Waals surface area contributed by atoms with Gasteiger partial charge in [-0.25, -0.2) is 4.98 Å². The molecular weight excluding hydrogens is 270 g/mol. The maximum Gasteiger partial charge on any atom is 0.272 e.